The second kappa shape index (κ2) is 5.76. The van der Waals surface area contributed by atoms with Crippen LogP contribution >= 0.6 is 0 Å². The standard InChI is InChI=1S/C16H22N2O/c1-2-18-9-5-6-14(18)11-17-10-13-12-19-16-8-4-3-7-15(13)16/h3-4,7-8,12,14,17H,2,5-6,9-11H2,1H3. The fourth-order valence-corrected chi connectivity index (χ4v) is 3.09. The van der Waals surface area contributed by atoms with Crippen molar-refractivity contribution in [3.05, 3.63) is 36.1 Å². The molecule has 3 rings (SSSR count). The van der Waals surface area contributed by atoms with Crippen molar-refractivity contribution in [1.82, 2.24) is 10.2 Å². The molecule has 0 aliphatic carbocycles. The highest BCUT2D eigenvalue weighted by molar-refractivity contribution is 5.80. The molecule has 2 heterocycles. The maximum atomic E-state index is 5.56. The lowest BCUT2D eigenvalue weighted by molar-refractivity contribution is 0.260. The smallest absolute Gasteiger partial charge is 0.134 e. The maximum Gasteiger partial charge on any atom is 0.134 e. The quantitative estimate of drug-likeness (QED) is 0.893. The molecule has 3 nitrogen and oxygen atoms in total. The van der Waals surface area contributed by atoms with Crippen LogP contribution in [0.3, 0.4) is 0 Å². The van der Waals surface area contributed by atoms with Crippen molar-refractivity contribution in [2.45, 2.75) is 32.4 Å². The van der Waals surface area contributed by atoms with Crippen LogP contribution in [0.1, 0.15) is 25.3 Å². The van der Waals surface area contributed by atoms with E-state index >= 15 is 0 Å². The van der Waals surface area contributed by atoms with Crippen LogP contribution in [-0.4, -0.2) is 30.6 Å². The van der Waals surface area contributed by atoms with Gasteiger partial charge in [-0.25, -0.2) is 0 Å². The number of fused-ring (bicyclic) bond motifs is 1. The lowest BCUT2D eigenvalue weighted by Crippen LogP contribution is -2.37. The highest BCUT2D eigenvalue weighted by Crippen LogP contribution is 2.21. The minimum Gasteiger partial charge on any atom is -0.464 e. The molecular weight excluding hydrogens is 236 g/mol. The number of hydrogen-bond acceptors (Lipinski definition) is 3. The SMILES string of the molecule is CCN1CCCC1CNCc1coc2ccccc12. The summed E-state index contributed by atoms with van der Waals surface area (Å²) in [6, 6.07) is 8.94. The van der Waals surface area contributed by atoms with E-state index in [-0.39, 0.29) is 0 Å². The van der Waals surface area contributed by atoms with Gasteiger partial charge in [0.1, 0.15) is 5.58 Å². The molecule has 0 amide bonds. The molecule has 19 heavy (non-hydrogen) atoms. The first-order valence-corrected chi connectivity index (χ1v) is 7.28. The van der Waals surface area contributed by atoms with Gasteiger partial charge in [-0.05, 0) is 32.0 Å². The first-order chi connectivity index (χ1) is 9.38. The summed E-state index contributed by atoms with van der Waals surface area (Å²) < 4.78 is 5.56. The molecule has 3 heteroatoms. The Morgan fingerprint density at radius 2 is 2.26 bits per heavy atom. The van der Waals surface area contributed by atoms with Gasteiger partial charge in [0.05, 0.1) is 6.26 Å². The molecule has 0 saturated carbocycles. The monoisotopic (exact) mass is 258 g/mol. The molecule has 0 bridgehead atoms. The van der Waals surface area contributed by atoms with Crippen LogP contribution in [0.15, 0.2) is 34.9 Å². The summed E-state index contributed by atoms with van der Waals surface area (Å²) in [4.78, 5) is 2.57. The Labute approximate surface area is 114 Å². The molecular formula is C16H22N2O. The van der Waals surface area contributed by atoms with Gasteiger partial charge < -0.3 is 9.73 Å². The summed E-state index contributed by atoms with van der Waals surface area (Å²) in [6.45, 7) is 6.65. The highest BCUT2D eigenvalue weighted by atomic mass is 16.3. The van der Waals surface area contributed by atoms with E-state index in [1.165, 1.54) is 36.9 Å². The second-order valence-corrected chi connectivity index (χ2v) is 5.31. The Bertz CT molecular complexity index is 534. The number of para-hydroxylation sites is 1. The van der Waals surface area contributed by atoms with Gasteiger partial charge in [0, 0.05) is 30.1 Å². The van der Waals surface area contributed by atoms with E-state index in [9.17, 15) is 0 Å². The number of likely N-dealkylation sites (N-methyl/N-ethyl adjacent to an activating group) is 1. The molecule has 1 saturated heterocycles. The van der Waals surface area contributed by atoms with E-state index in [1.54, 1.807) is 0 Å². The predicted molar refractivity (Wildman–Crippen MR) is 78.2 cm³/mol. The summed E-state index contributed by atoms with van der Waals surface area (Å²) >= 11 is 0. The largest absolute Gasteiger partial charge is 0.464 e. The van der Waals surface area contributed by atoms with Crippen LogP contribution in [-0.2, 0) is 6.54 Å². The number of nitrogens with zero attached hydrogens (tertiary/aromatic N) is 1. The molecule has 1 unspecified atom stereocenters. The maximum absolute atomic E-state index is 5.56. The van der Waals surface area contributed by atoms with Crippen molar-refractivity contribution in [3.8, 4) is 0 Å². The van der Waals surface area contributed by atoms with Gasteiger partial charge in [-0.15, -0.1) is 0 Å². The second-order valence-electron chi connectivity index (χ2n) is 5.31. The van der Waals surface area contributed by atoms with E-state index < -0.39 is 0 Å². The van der Waals surface area contributed by atoms with Gasteiger partial charge >= 0.3 is 0 Å². The van der Waals surface area contributed by atoms with Crippen molar-refractivity contribution in [2.24, 2.45) is 0 Å². The summed E-state index contributed by atoms with van der Waals surface area (Å²) in [5, 5.41) is 4.81. The van der Waals surface area contributed by atoms with Gasteiger partial charge in [0.15, 0.2) is 0 Å². The number of nitrogens with one attached hydrogen (secondary N) is 1. The molecule has 102 valence electrons. The molecule has 1 aromatic heterocycles. The van der Waals surface area contributed by atoms with E-state index in [0.717, 1.165) is 18.7 Å². The fourth-order valence-electron chi connectivity index (χ4n) is 3.09. The summed E-state index contributed by atoms with van der Waals surface area (Å²) in [6.07, 6.45) is 4.55. The first-order valence-electron chi connectivity index (χ1n) is 7.28. The van der Waals surface area contributed by atoms with Crippen molar-refractivity contribution in [1.29, 1.82) is 0 Å². The molecule has 1 aliphatic rings. The van der Waals surface area contributed by atoms with Gasteiger partial charge in [-0.1, -0.05) is 25.1 Å². The van der Waals surface area contributed by atoms with Crippen molar-refractivity contribution in [3.63, 3.8) is 0 Å². The number of furan rings is 1. The average molecular weight is 258 g/mol. The minimum absolute atomic E-state index is 0.711. The molecule has 1 N–H and O–H groups in total. The first kappa shape index (κ1) is 12.7. The number of likely N-dealkylation sites (tertiary alicyclic amines) is 1. The van der Waals surface area contributed by atoms with Gasteiger partial charge in [-0.2, -0.15) is 0 Å². The molecule has 1 atom stereocenters. The van der Waals surface area contributed by atoms with Crippen LogP contribution < -0.4 is 5.32 Å². The van der Waals surface area contributed by atoms with Crippen molar-refractivity contribution < 1.29 is 4.42 Å². The molecule has 0 radical (unpaired) electrons. The van der Waals surface area contributed by atoms with Crippen LogP contribution in [0.2, 0.25) is 0 Å². The molecule has 2 aromatic rings. The van der Waals surface area contributed by atoms with Gasteiger partial charge in [0.2, 0.25) is 0 Å². The summed E-state index contributed by atoms with van der Waals surface area (Å²) in [5.41, 5.74) is 2.24. The predicted octanol–water partition coefficient (Wildman–Crippen LogP) is 3.01. The lowest BCUT2D eigenvalue weighted by atomic mass is 10.1. The number of benzene rings is 1. The van der Waals surface area contributed by atoms with E-state index in [1.807, 2.05) is 18.4 Å². The van der Waals surface area contributed by atoms with E-state index in [4.69, 9.17) is 4.42 Å². The third-order valence-electron chi connectivity index (χ3n) is 4.16. The normalized spacial score (nSPS) is 20.4. The highest BCUT2D eigenvalue weighted by Gasteiger charge is 2.22. The fraction of sp³-hybridized carbons (Fsp3) is 0.500. The average Bonchev–Trinajstić information content (AvgIpc) is 3.06. The van der Waals surface area contributed by atoms with Crippen molar-refractivity contribution >= 4 is 11.0 Å². The topological polar surface area (TPSA) is 28.4 Å². The molecule has 1 fully saturated rings. The van der Waals surface area contributed by atoms with Gasteiger partial charge in [0.25, 0.3) is 0 Å². The minimum atomic E-state index is 0.711. The molecule has 0 spiro atoms. The zero-order chi connectivity index (χ0) is 13.1. The Balaban J connectivity index is 1.57. The van der Waals surface area contributed by atoms with E-state index in [2.05, 4.69) is 29.3 Å². The molecule has 1 aromatic carbocycles. The Morgan fingerprint density at radius 3 is 3.16 bits per heavy atom. The van der Waals surface area contributed by atoms with Crippen LogP contribution in [0.5, 0.6) is 0 Å². The van der Waals surface area contributed by atoms with Gasteiger partial charge in [-0.3, -0.25) is 4.90 Å². The lowest BCUT2D eigenvalue weighted by Gasteiger charge is -2.22. The number of hydrogen-bond donors (Lipinski definition) is 1. The Kier molecular flexibility index (Phi) is 3.85. The van der Waals surface area contributed by atoms with Crippen molar-refractivity contribution in [2.75, 3.05) is 19.6 Å². The van der Waals surface area contributed by atoms with Crippen LogP contribution in [0.4, 0.5) is 0 Å². The summed E-state index contributed by atoms with van der Waals surface area (Å²) in [7, 11) is 0. The zero-order valence-electron chi connectivity index (χ0n) is 11.6. The van der Waals surface area contributed by atoms with E-state index in [0.29, 0.717) is 6.04 Å². The van der Waals surface area contributed by atoms with Crippen LogP contribution in [0, 0.1) is 0 Å². The zero-order valence-corrected chi connectivity index (χ0v) is 11.6. The third-order valence-corrected chi connectivity index (χ3v) is 4.16. The number of rotatable bonds is 5. The van der Waals surface area contributed by atoms with Crippen LogP contribution in [0.25, 0.3) is 11.0 Å². The third kappa shape index (κ3) is 2.67. The Hall–Kier alpha value is -1.32. The Morgan fingerprint density at radius 1 is 1.37 bits per heavy atom. The molecule has 1 aliphatic heterocycles. The summed E-state index contributed by atoms with van der Waals surface area (Å²) in [5.74, 6) is 0.